The average molecular weight is 521 g/mol. The molecule has 0 amide bonds. The zero-order chi connectivity index (χ0) is 27.0. The third-order valence-electron chi connectivity index (χ3n) is 5.87. The number of hydrogen-bond acceptors (Lipinski definition) is 6. The Hall–Kier alpha value is -4.93. The Morgan fingerprint density at radius 1 is 1.08 bits per heavy atom. The third kappa shape index (κ3) is 4.73. The molecule has 11 heteroatoms. The van der Waals surface area contributed by atoms with E-state index in [0.29, 0.717) is 22.3 Å². The van der Waals surface area contributed by atoms with Gasteiger partial charge in [0, 0.05) is 10.9 Å². The molecule has 0 spiro atoms. The second kappa shape index (κ2) is 9.85. The van der Waals surface area contributed by atoms with Crippen LogP contribution in [-0.2, 0) is 0 Å². The lowest BCUT2D eigenvalue weighted by atomic mass is 10.1. The number of nitrogens with one attached hydrogen (secondary N) is 1. The molecule has 0 saturated carbocycles. The van der Waals surface area contributed by atoms with Crippen molar-refractivity contribution in [2.75, 3.05) is 18.1 Å². The molecule has 8 nitrogen and oxygen atoms in total. The van der Waals surface area contributed by atoms with E-state index in [1.807, 2.05) is 6.92 Å². The molecule has 2 heterocycles. The van der Waals surface area contributed by atoms with E-state index in [4.69, 9.17) is 20.9 Å². The summed E-state index contributed by atoms with van der Waals surface area (Å²) in [5, 5.41) is 4.84. The van der Waals surface area contributed by atoms with Crippen molar-refractivity contribution in [3.05, 3.63) is 89.5 Å². The van der Waals surface area contributed by atoms with Gasteiger partial charge in [0.15, 0.2) is 11.6 Å². The summed E-state index contributed by atoms with van der Waals surface area (Å²) in [7, 11) is 0. The highest BCUT2D eigenvalue weighted by atomic mass is 19.3. The molecule has 0 fully saturated rings. The maximum atomic E-state index is 13.9. The predicted molar refractivity (Wildman–Crippen MR) is 137 cm³/mol. The minimum absolute atomic E-state index is 0.0962. The van der Waals surface area contributed by atoms with Gasteiger partial charge in [-0.2, -0.15) is 5.10 Å². The highest BCUT2D eigenvalue weighted by molar-refractivity contribution is 6.12. The Bertz CT molecular complexity index is 1660. The molecule has 2 aromatic heterocycles. The molecule has 0 aliphatic rings. The van der Waals surface area contributed by atoms with Crippen molar-refractivity contribution in [2.24, 2.45) is 0 Å². The van der Waals surface area contributed by atoms with E-state index < -0.39 is 24.6 Å². The van der Waals surface area contributed by atoms with Gasteiger partial charge < -0.3 is 25.9 Å². The van der Waals surface area contributed by atoms with Gasteiger partial charge in [-0.25, -0.2) is 17.9 Å². The van der Waals surface area contributed by atoms with Crippen LogP contribution in [0.2, 0.25) is 0 Å². The van der Waals surface area contributed by atoms with Crippen molar-refractivity contribution in [2.45, 2.75) is 13.3 Å². The number of nitrogens with zero attached hydrogens (tertiary/aromatic N) is 2. The van der Waals surface area contributed by atoms with Crippen LogP contribution in [0.1, 0.15) is 21.6 Å². The van der Waals surface area contributed by atoms with Gasteiger partial charge >= 0.3 is 0 Å². The van der Waals surface area contributed by atoms with Gasteiger partial charge in [0.2, 0.25) is 5.78 Å². The standard InChI is InChI=1S/C27H22F3N5O3/c1-14-8-16(38-23-5-3-2-4-18(23)28)6-7-22(14)35-27(32)17(12-33-35)26(36)21-9-15-10-24(37-13-25(29)30)19(31)11-20(15)34-21/h2-12,25,34H,13,31-32H2,1H3. The number of aryl methyl sites for hydroxylation is 1. The number of benzene rings is 3. The first-order valence-corrected chi connectivity index (χ1v) is 11.5. The molecule has 5 N–H and O–H groups in total. The largest absolute Gasteiger partial charge is 0.485 e. The Labute approximate surface area is 214 Å². The smallest absolute Gasteiger partial charge is 0.272 e. The first-order valence-electron chi connectivity index (χ1n) is 11.5. The lowest BCUT2D eigenvalue weighted by Gasteiger charge is -2.12. The van der Waals surface area contributed by atoms with Gasteiger partial charge in [-0.1, -0.05) is 12.1 Å². The topological polar surface area (TPSA) is 121 Å². The van der Waals surface area contributed by atoms with Crippen LogP contribution < -0.4 is 20.9 Å². The first kappa shape index (κ1) is 24.8. The van der Waals surface area contributed by atoms with Crippen LogP contribution in [0.15, 0.2) is 66.9 Å². The molecule has 38 heavy (non-hydrogen) atoms. The number of carbonyl (C=O) groups excluding carboxylic acids is 1. The molecular formula is C27H22F3N5O3. The van der Waals surface area contributed by atoms with Gasteiger partial charge in [0.1, 0.15) is 23.9 Å². The molecule has 0 radical (unpaired) electrons. The number of H-pyrrole nitrogens is 1. The van der Waals surface area contributed by atoms with E-state index in [1.54, 1.807) is 36.4 Å². The van der Waals surface area contributed by atoms with Crippen LogP contribution in [0.5, 0.6) is 17.2 Å². The van der Waals surface area contributed by atoms with E-state index in [9.17, 15) is 18.0 Å². The number of nitrogens with two attached hydrogens (primary N) is 2. The molecule has 5 aromatic rings. The number of anilines is 2. The fourth-order valence-corrected chi connectivity index (χ4v) is 4.03. The predicted octanol–water partition coefficient (Wildman–Crippen LogP) is 5.63. The number of fused-ring (bicyclic) bond motifs is 1. The molecular weight excluding hydrogens is 499 g/mol. The third-order valence-corrected chi connectivity index (χ3v) is 5.87. The van der Waals surface area contributed by atoms with Crippen molar-refractivity contribution >= 4 is 28.2 Å². The SMILES string of the molecule is Cc1cc(Oc2ccccc2F)ccc1-n1ncc(C(=O)c2cc3cc(OCC(F)F)c(N)cc3[nH]2)c1N. The molecule has 0 aliphatic heterocycles. The van der Waals surface area contributed by atoms with E-state index in [-0.39, 0.29) is 34.3 Å². The van der Waals surface area contributed by atoms with Crippen molar-refractivity contribution in [3.63, 3.8) is 0 Å². The number of alkyl halides is 2. The van der Waals surface area contributed by atoms with Crippen LogP contribution in [0.3, 0.4) is 0 Å². The highest BCUT2D eigenvalue weighted by Crippen LogP contribution is 2.31. The van der Waals surface area contributed by atoms with Crippen molar-refractivity contribution < 1.29 is 27.4 Å². The fourth-order valence-electron chi connectivity index (χ4n) is 4.03. The zero-order valence-electron chi connectivity index (χ0n) is 20.0. The number of nitrogen functional groups attached to an aromatic ring is 2. The van der Waals surface area contributed by atoms with Crippen LogP contribution in [0, 0.1) is 12.7 Å². The maximum absolute atomic E-state index is 13.9. The molecule has 3 aromatic carbocycles. The number of aromatic amines is 1. The number of hydrogen-bond donors (Lipinski definition) is 3. The lowest BCUT2D eigenvalue weighted by Crippen LogP contribution is -2.08. The summed E-state index contributed by atoms with van der Waals surface area (Å²) in [5.41, 5.74) is 14.6. The summed E-state index contributed by atoms with van der Waals surface area (Å²) in [6.45, 7) is 1.01. The van der Waals surface area contributed by atoms with Crippen LogP contribution >= 0.6 is 0 Å². The molecule has 0 saturated heterocycles. The minimum Gasteiger partial charge on any atom is -0.485 e. The monoisotopic (exact) mass is 521 g/mol. The number of ether oxygens (including phenoxy) is 2. The second-order valence-electron chi connectivity index (χ2n) is 8.53. The molecule has 0 aliphatic carbocycles. The number of rotatable bonds is 8. The Balaban J connectivity index is 1.40. The Morgan fingerprint density at radius 2 is 1.87 bits per heavy atom. The number of ketones is 1. The summed E-state index contributed by atoms with van der Waals surface area (Å²) in [5.74, 6) is -0.173. The van der Waals surface area contributed by atoms with Gasteiger partial charge in [-0.3, -0.25) is 4.79 Å². The maximum Gasteiger partial charge on any atom is 0.272 e. The molecule has 194 valence electrons. The van der Waals surface area contributed by atoms with E-state index in [0.717, 1.165) is 5.56 Å². The van der Waals surface area contributed by atoms with Crippen molar-refractivity contribution in [1.29, 1.82) is 0 Å². The summed E-state index contributed by atoms with van der Waals surface area (Å²) < 4.78 is 51.1. The van der Waals surface area contributed by atoms with E-state index in [1.165, 1.54) is 35.1 Å². The number of para-hydroxylation sites is 1. The van der Waals surface area contributed by atoms with Crippen LogP contribution in [0.25, 0.3) is 16.6 Å². The lowest BCUT2D eigenvalue weighted by molar-refractivity contribution is 0.0823. The Kier molecular flexibility index (Phi) is 6.41. The zero-order valence-corrected chi connectivity index (χ0v) is 20.0. The summed E-state index contributed by atoms with van der Waals surface area (Å²) >= 11 is 0. The first-order chi connectivity index (χ1) is 18.2. The summed E-state index contributed by atoms with van der Waals surface area (Å²) in [6.07, 6.45) is -1.29. The number of aromatic nitrogens is 3. The van der Waals surface area contributed by atoms with E-state index in [2.05, 4.69) is 10.1 Å². The number of halogens is 3. The molecule has 5 rings (SSSR count). The normalized spacial score (nSPS) is 11.3. The van der Waals surface area contributed by atoms with Crippen LogP contribution in [0.4, 0.5) is 24.7 Å². The number of carbonyl (C=O) groups is 1. The second-order valence-corrected chi connectivity index (χ2v) is 8.53. The van der Waals surface area contributed by atoms with Gasteiger partial charge in [0.25, 0.3) is 6.43 Å². The van der Waals surface area contributed by atoms with Gasteiger partial charge in [-0.15, -0.1) is 0 Å². The van der Waals surface area contributed by atoms with Crippen molar-refractivity contribution in [1.82, 2.24) is 14.8 Å². The van der Waals surface area contributed by atoms with Crippen LogP contribution in [-0.4, -0.2) is 33.6 Å². The molecule has 0 bridgehead atoms. The average Bonchev–Trinajstić information content (AvgIpc) is 3.46. The van der Waals surface area contributed by atoms with Crippen molar-refractivity contribution in [3.8, 4) is 22.9 Å². The highest BCUT2D eigenvalue weighted by Gasteiger charge is 2.21. The molecule has 0 unspecified atom stereocenters. The molecule has 0 atom stereocenters. The van der Waals surface area contributed by atoms with Gasteiger partial charge in [-0.05, 0) is 61.0 Å². The Morgan fingerprint density at radius 3 is 2.61 bits per heavy atom. The van der Waals surface area contributed by atoms with Gasteiger partial charge in [0.05, 0.1) is 28.8 Å². The fraction of sp³-hybridized carbons (Fsp3) is 0.111. The quantitative estimate of drug-likeness (QED) is 0.180. The minimum atomic E-state index is -2.65. The summed E-state index contributed by atoms with van der Waals surface area (Å²) in [6, 6.07) is 15.7. The van der Waals surface area contributed by atoms with E-state index >= 15 is 0 Å². The summed E-state index contributed by atoms with van der Waals surface area (Å²) in [4.78, 5) is 16.2.